The molecule has 1 aliphatic heterocycles. The molecule has 192 valence electrons. The molecule has 0 bridgehead atoms. The Balaban J connectivity index is 1.33. The summed E-state index contributed by atoms with van der Waals surface area (Å²) in [6, 6.07) is 10.2. The number of amides is 1. The minimum atomic E-state index is -3.60. The molecule has 1 fully saturated rings. The molecule has 0 N–H and O–H groups in total. The molecule has 1 aromatic heterocycles. The number of halogens is 1. The Hall–Kier alpha value is -2.69. The Morgan fingerprint density at radius 1 is 1.14 bits per heavy atom. The van der Waals surface area contributed by atoms with Crippen LogP contribution in [0.2, 0.25) is 5.02 Å². The van der Waals surface area contributed by atoms with Crippen molar-refractivity contribution in [2.45, 2.75) is 37.1 Å². The van der Waals surface area contributed by atoms with Crippen molar-refractivity contribution in [3.8, 4) is 0 Å². The maximum Gasteiger partial charge on any atom is 0.355 e. The lowest BCUT2D eigenvalue weighted by atomic mass is 10.1. The number of carbonyl (C=O) groups excluding carboxylic acids is 2. The summed E-state index contributed by atoms with van der Waals surface area (Å²) in [4.78, 5) is 32.2. The van der Waals surface area contributed by atoms with Crippen LogP contribution in [0.4, 0.5) is 0 Å². The van der Waals surface area contributed by atoms with Crippen LogP contribution in [0.15, 0.2) is 51.7 Å². The zero-order valence-corrected chi connectivity index (χ0v) is 22.5. The number of ether oxygens (including phenoxy) is 1. The SMILES string of the molecule is CCOC(=O)c1csc(=NC2CCN(C(=O)CCS(=O)(=O)c3ccc4cc(Cl)ccc4c3)CC2)n1C. The maximum atomic E-state index is 12.9. The van der Waals surface area contributed by atoms with Crippen molar-refractivity contribution in [3.63, 3.8) is 0 Å². The van der Waals surface area contributed by atoms with Gasteiger partial charge in [0.2, 0.25) is 5.91 Å². The molecular weight excluding hydrogens is 522 g/mol. The van der Waals surface area contributed by atoms with Gasteiger partial charge < -0.3 is 14.2 Å². The Morgan fingerprint density at radius 3 is 2.56 bits per heavy atom. The van der Waals surface area contributed by atoms with Gasteiger partial charge in [0.1, 0.15) is 5.69 Å². The van der Waals surface area contributed by atoms with E-state index >= 15 is 0 Å². The number of aromatic nitrogens is 1. The number of esters is 1. The van der Waals surface area contributed by atoms with Crippen molar-refractivity contribution in [3.05, 3.63) is 57.3 Å². The summed E-state index contributed by atoms with van der Waals surface area (Å²) in [6.45, 7) is 3.11. The first-order chi connectivity index (χ1) is 17.2. The topological polar surface area (TPSA) is 98.0 Å². The Morgan fingerprint density at radius 2 is 1.83 bits per heavy atom. The number of likely N-dealkylation sites (tertiary alicyclic amines) is 1. The highest BCUT2D eigenvalue weighted by Gasteiger charge is 2.25. The summed E-state index contributed by atoms with van der Waals surface area (Å²) in [5.41, 5.74) is 0.463. The second kappa shape index (κ2) is 11.1. The second-order valence-electron chi connectivity index (χ2n) is 8.65. The molecule has 1 saturated heterocycles. The lowest BCUT2D eigenvalue weighted by Gasteiger charge is -2.30. The van der Waals surface area contributed by atoms with Gasteiger partial charge in [-0.1, -0.05) is 23.7 Å². The van der Waals surface area contributed by atoms with Gasteiger partial charge in [0.25, 0.3) is 0 Å². The number of nitrogens with zero attached hydrogens (tertiary/aromatic N) is 3. The molecule has 1 aliphatic rings. The molecule has 3 aromatic rings. The van der Waals surface area contributed by atoms with E-state index < -0.39 is 9.84 Å². The van der Waals surface area contributed by atoms with Crippen molar-refractivity contribution < 1.29 is 22.7 Å². The fourth-order valence-electron chi connectivity index (χ4n) is 4.16. The van der Waals surface area contributed by atoms with Gasteiger partial charge in [0.15, 0.2) is 14.6 Å². The summed E-state index contributed by atoms with van der Waals surface area (Å²) < 4.78 is 32.5. The van der Waals surface area contributed by atoms with Gasteiger partial charge in [-0.15, -0.1) is 11.3 Å². The predicted molar refractivity (Wildman–Crippen MR) is 140 cm³/mol. The minimum Gasteiger partial charge on any atom is -0.461 e. The molecule has 0 unspecified atom stereocenters. The van der Waals surface area contributed by atoms with Gasteiger partial charge in [-0.3, -0.25) is 9.79 Å². The van der Waals surface area contributed by atoms with E-state index in [-0.39, 0.29) is 35.0 Å². The number of sulfone groups is 1. The fraction of sp³-hybridized carbons (Fsp3) is 0.400. The third kappa shape index (κ3) is 5.99. The van der Waals surface area contributed by atoms with Crippen LogP contribution in [0.1, 0.15) is 36.7 Å². The zero-order valence-electron chi connectivity index (χ0n) is 20.1. The molecule has 0 atom stereocenters. The fourth-order valence-corrected chi connectivity index (χ4v) is 6.54. The number of piperidine rings is 1. The Labute approximate surface area is 219 Å². The van der Waals surface area contributed by atoms with Crippen molar-refractivity contribution in [1.82, 2.24) is 9.47 Å². The number of fused-ring (bicyclic) bond motifs is 1. The van der Waals surface area contributed by atoms with Crippen LogP contribution in [0.5, 0.6) is 0 Å². The summed E-state index contributed by atoms with van der Waals surface area (Å²) in [5, 5.41) is 3.97. The third-order valence-electron chi connectivity index (χ3n) is 6.24. The lowest BCUT2D eigenvalue weighted by Crippen LogP contribution is -2.40. The highest BCUT2D eigenvalue weighted by Crippen LogP contribution is 2.24. The molecule has 36 heavy (non-hydrogen) atoms. The van der Waals surface area contributed by atoms with Gasteiger partial charge >= 0.3 is 5.97 Å². The van der Waals surface area contributed by atoms with E-state index in [0.717, 1.165) is 15.6 Å². The smallest absolute Gasteiger partial charge is 0.355 e. The Bertz CT molecular complexity index is 1450. The van der Waals surface area contributed by atoms with Crippen LogP contribution in [0.25, 0.3) is 10.8 Å². The number of thiazole rings is 1. The summed E-state index contributed by atoms with van der Waals surface area (Å²) in [5.74, 6) is -0.784. The summed E-state index contributed by atoms with van der Waals surface area (Å²) in [7, 11) is -1.82. The highest BCUT2D eigenvalue weighted by molar-refractivity contribution is 7.91. The molecule has 4 rings (SSSR count). The lowest BCUT2D eigenvalue weighted by molar-refractivity contribution is -0.131. The van der Waals surface area contributed by atoms with Gasteiger partial charge in [-0.25, -0.2) is 13.2 Å². The highest BCUT2D eigenvalue weighted by atomic mass is 35.5. The summed E-state index contributed by atoms with van der Waals surface area (Å²) >= 11 is 7.39. The van der Waals surface area contributed by atoms with Crippen molar-refractivity contribution >= 4 is 55.4 Å². The standard InChI is InChI=1S/C25H28ClN3O5S2/c1-3-34-24(31)22-16-35-25(28(22)2)27-20-8-11-29(12-9-20)23(30)10-13-36(32,33)21-7-5-17-14-19(26)6-4-18(17)15-21/h4-7,14-16,20H,3,8-13H2,1-2H3. The number of hydrogen-bond donors (Lipinski definition) is 0. The van der Waals surface area contributed by atoms with Crippen molar-refractivity contribution in [1.29, 1.82) is 0 Å². The van der Waals surface area contributed by atoms with E-state index in [2.05, 4.69) is 0 Å². The number of carbonyl (C=O) groups is 2. The second-order valence-corrected chi connectivity index (χ2v) is 12.0. The molecule has 0 radical (unpaired) electrons. The van der Waals surface area contributed by atoms with Gasteiger partial charge in [0, 0.05) is 37.0 Å². The number of rotatable bonds is 7. The van der Waals surface area contributed by atoms with E-state index in [9.17, 15) is 18.0 Å². The molecule has 0 aliphatic carbocycles. The van der Waals surface area contributed by atoms with E-state index in [4.69, 9.17) is 21.3 Å². The molecule has 1 amide bonds. The average Bonchev–Trinajstić information content (AvgIpc) is 3.22. The largest absolute Gasteiger partial charge is 0.461 e. The van der Waals surface area contributed by atoms with Crippen LogP contribution in [0, 0.1) is 0 Å². The number of hydrogen-bond acceptors (Lipinski definition) is 7. The van der Waals surface area contributed by atoms with Crippen molar-refractivity contribution in [2.24, 2.45) is 12.0 Å². The molecule has 2 heterocycles. The van der Waals surface area contributed by atoms with Crippen LogP contribution in [0.3, 0.4) is 0 Å². The van der Waals surface area contributed by atoms with E-state index in [1.165, 1.54) is 11.3 Å². The van der Waals surface area contributed by atoms with Gasteiger partial charge in [-0.05, 0) is 54.8 Å². The maximum absolute atomic E-state index is 12.9. The third-order valence-corrected chi connectivity index (χ3v) is 9.12. The van der Waals surface area contributed by atoms with Crippen LogP contribution in [-0.2, 0) is 26.4 Å². The van der Waals surface area contributed by atoms with E-state index in [0.29, 0.717) is 43.3 Å². The quantitative estimate of drug-likeness (QED) is 0.417. The van der Waals surface area contributed by atoms with Gasteiger partial charge in [0.05, 0.1) is 23.3 Å². The first-order valence-corrected chi connectivity index (χ1v) is 14.6. The molecule has 11 heteroatoms. The van der Waals surface area contributed by atoms with E-state index in [1.54, 1.807) is 65.2 Å². The van der Waals surface area contributed by atoms with Crippen molar-refractivity contribution in [2.75, 3.05) is 25.4 Å². The molecule has 0 spiro atoms. The average molecular weight is 550 g/mol. The minimum absolute atomic E-state index is 0.0313. The normalized spacial score (nSPS) is 15.4. The first-order valence-electron chi connectivity index (χ1n) is 11.7. The van der Waals surface area contributed by atoms with Crippen LogP contribution < -0.4 is 4.80 Å². The van der Waals surface area contributed by atoms with Crippen LogP contribution in [-0.4, -0.2) is 61.3 Å². The number of benzene rings is 2. The zero-order chi connectivity index (χ0) is 25.9. The molecule has 8 nitrogen and oxygen atoms in total. The summed E-state index contributed by atoms with van der Waals surface area (Å²) in [6.07, 6.45) is 1.29. The molecule has 0 saturated carbocycles. The molecular formula is C25H28ClN3O5S2. The van der Waals surface area contributed by atoms with E-state index in [1.807, 2.05) is 0 Å². The van der Waals surface area contributed by atoms with Gasteiger partial charge in [-0.2, -0.15) is 0 Å². The predicted octanol–water partition coefficient (Wildman–Crippen LogP) is 3.83. The first kappa shape index (κ1) is 26.4. The Kier molecular flexibility index (Phi) is 8.17. The monoisotopic (exact) mass is 549 g/mol. The van der Waals surface area contributed by atoms with Crippen LogP contribution >= 0.6 is 22.9 Å². The molecule has 2 aromatic carbocycles.